The number of aliphatic hydroxyl groups excluding tert-OH is 1. The lowest BCUT2D eigenvalue weighted by atomic mass is 10.1. The Balaban J connectivity index is 3.03. The van der Waals surface area contributed by atoms with Crippen molar-refractivity contribution in [2.75, 3.05) is 13.2 Å². The third-order valence-electron chi connectivity index (χ3n) is 2.02. The molecule has 0 radical (unpaired) electrons. The van der Waals surface area contributed by atoms with E-state index in [4.69, 9.17) is 15.6 Å². The monoisotopic (exact) mass is 211 g/mol. The maximum atomic E-state index is 8.97. The van der Waals surface area contributed by atoms with E-state index in [2.05, 4.69) is 9.97 Å². The van der Waals surface area contributed by atoms with Crippen molar-refractivity contribution < 1.29 is 9.84 Å². The summed E-state index contributed by atoms with van der Waals surface area (Å²) in [5.41, 5.74) is 6.36. The van der Waals surface area contributed by atoms with Gasteiger partial charge < -0.3 is 15.6 Å². The van der Waals surface area contributed by atoms with E-state index in [1.807, 2.05) is 13.8 Å². The quantitative estimate of drug-likeness (QED) is 0.738. The Morgan fingerprint density at radius 2 is 2.27 bits per heavy atom. The lowest BCUT2D eigenvalue weighted by Gasteiger charge is -2.13. The van der Waals surface area contributed by atoms with Gasteiger partial charge in [0.2, 0.25) is 5.88 Å². The van der Waals surface area contributed by atoms with Crippen molar-refractivity contribution in [1.82, 2.24) is 9.97 Å². The van der Waals surface area contributed by atoms with Gasteiger partial charge >= 0.3 is 0 Å². The molecule has 0 aromatic carbocycles. The lowest BCUT2D eigenvalue weighted by Crippen LogP contribution is -2.17. The smallest absolute Gasteiger partial charge is 0.221 e. The molecule has 0 saturated heterocycles. The Morgan fingerprint density at radius 1 is 1.53 bits per heavy atom. The van der Waals surface area contributed by atoms with Crippen molar-refractivity contribution in [3.05, 3.63) is 17.6 Å². The second kappa shape index (κ2) is 5.63. The molecular weight excluding hydrogens is 194 g/mol. The van der Waals surface area contributed by atoms with Gasteiger partial charge in [-0.2, -0.15) is 4.98 Å². The Morgan fingerprint density at radius 3 is 2.80 bits per heavy atom. The van der Waals surface area contributed by atoms with E-state index in [-0.39, 0.29) is 6.61 Å². The zero-order valence-electron chi connectivity index (χ0n) is 9.10. The minimum absolute atomic E-state index is 0.144. The highest BCUT2D eigenvalue weighted by molar-refractivity contribution is 5.27. The molecule has 0 bridgehead atoms. The minimum atomic E-state index is -0.488. The molecule has 1 heterocycles. The summed E-state index contributed by atoms with van der Waals surface area (Å²) in [6.07, 6.45) is 2.37. The summed E-state index contributed by atoms with van der Waals surface area (Å²) in [6, 6.07) is -0.488. The van der Waals surface area contributed by atoms with Crippen LogP contribution in [0.4, 0.5) is 0 Å². The Hall–Kier alpha value is -1.20. The van der Waals surface area contributed by atoms with Gasteiger partial charge in [-0.1, -0.05) is 6.92 Å². The number of aliphatic hydroxyl groups is 1. The van der Waals surface area contributed by atoms with Crippen LogP contribution >= 0.6 is 0 Å². The first-order valence-corrected chi connectivity index (χ1v) is 5.07. The van der Waals surface area contributed by atoms with Crippen LogP contribution in [0.1, 0.15) is 31.3 Å². The first-order valence-electron chi connectivity index (χ1n) is 5.07. The van der Waals surface area contributed by atoms with Gasteiger partial charge in [0.15, 0.2) is 0 Å². The molecule has 15 heavy (non-hydrogen) atoms. The van der Waals surface area contributed by atoms with E-state index in [0.29, 0.717) is 23.9 Å². The summed E-state index contributed by atoms with van der Waals surface area (Å²) < 4.78 is 5.36. The van der Waals surface area contributed by atoms with Crippen LogP contribution in [0.5, 0.6) is 5.88 Å². The SMILES string of the molecule is CCOc1nc(CC)ncc1C(N)CO. The predicted octanol–water partition coefficient (Wildman–Crippen LogP) is 0.430. The van der Waals surface area contributed by atoms with Gasteiger partial charge in [0.05, 0.1) is 24.8 Å². The van der Waals surface area contributed by atoms with Gasteiger partial charge in [-0.05, 0) is 6.92 Å². The summed E-state index contributed by atoms with van der Waals surface area (Å²) in [7, 11) is 0. The molecule has 3 N–H and O–H groups in total. The number of nitrogens with zero attached hydrogens (tertiary/aromatic N) is 2. The second-order valence-corrected chi connectivity index (χ2v) is 3.12. The fraction of sp³-hybridized carbons (Fsp3) is 0.600. The van der Waals surface area contributed by atoms with Gasteiger partial charge in [0.25, 0.3) is 0 Å². The summed E-state index contributed by atoms with van der Waals surface area (Å²) >= 11 is 0. The van der Waals surface area contributed by atoms with Gasteiger partial charge in [0.1, 0.15) is 5.82 Å². The topological polar surface area (TPSA) is 81.3 Å². The van der Waals surface area contributed by atoms with E-state index in [9.17, 15) is 0 Å². The van der Waals surface area contributed by atoms with E-state index >= 15 is 0 Å². The van der Waals surface area contributed by atoms with Crippen molar-refractivity contribution in [2.24, 2.45) is 5.73 Å². The third-order valence-corrected chi connectivity index (χ3v) is 2.02. The maximum Gasteiger partial charge on any atom is 0.221 e. The fourth-order valence-electron chi connectivity index (χ4n) is 1.19. The molecule has 1 aromatic rings. The number of rotatable bonds is 5. The Bertz CT molecular complexity index is 318. The van der Waals surface area contributed by atoms with Crippen LogP contribution in [0.3, 0.4) is 0 Å². The molecular formula is C10H17N3O2. The molecule has 5 heteroatoms. The van der Waals surface area contributed by atoms with Crippen LogP contribution < -0.4 is 10.5 Å². The molecule has 1 aromatic heterocycles. The minimum Gasteiger partial charge on any atom is -0.478 e. The molecule has 1 rings (SSSR count). The van der Waals surface area contributed by atoms with Crippen LogP contribution in [0.15, 0.2) is 6.20 Å². The Kier molecular flexibility index (Phi) is 4.45. The molecule has 0 spiro atoms. The molecule has 0 aliphatic rings. The molecule has 0 aliphatic heterocycles. The van der Waals surface area contributed by atoms with Crippen molar-refractivity contribution in [3.8, 4) is 5.88 Å². The summed E-state index contributed by atoms with van der Waals surface area (Å²) in [4.78, 5) is 8.35. The lowest BCUT2D eigenvalue weighted by molar-refractivity contribution is 0.259. The van der Waals surface area contributed by atoms with Crippen LogP contribution in [-0.2, 0) is 6.42 Å². The van der Waals surface area contributed by atoms with Crippen molar-refractivity contribution in [1.29, 1.82) is 0 Å². The predicted molar refractivity (Wildman–Crippen MR) is 56.6 cm³/mol. The first kappa shape index (κ1) is 11.9. The standard InChI is InChI=1S/C10H17N3O2/c1-3-9-12-5-7(8(11)6-14)10(13-9)15-4-2/h5,8,14H,3-4,6,11H2,1-2H3. The highest BCUT2D eigenvalue weighted by atomic mass is 16.5. The van der Waals surface area contributed by atoms with Crippen molar-refractivity contribution in [2.45, 2.75) is 26.3 Å². The molecule has 84 valence electrons. The average molecular weight is 211 g/mol. The van der Waals surface area contributed by atoms with Crippen LogP contribution in [0, 0.1) is 0 Å². The molecule has 1 unspecified atom stereocenters. The fourth-order valence-corrected chi connectivity index (χ4v) is 1.19. The van der Waals surface area contributed by atoms with Gasteiger partial charge in [-0.15, -0.1) is 0 Å². The van der Waals surface area contributed by atoms with E-state index in [0.717, 1.165) is 6.42 Å². The number of aromatic nitrogens is 2. The van der Waals surface area contributed by atoms with Crippen LogP contribution in [0.25, 0.3) is 0 Å². The van der Waals surface area contributed by atoms with Gasteiger partial charge in [-0.3, -0.25) is 0 Å². The largest absolute Gasteiger partial charge is 0.478 e. The molecule has 0 aliphatic carbocycles. The number of hydrogen-bond donors (Lipinski definition) is 2. The van der Waals surface area contributed by atoms with Crippen molar-refractivity contribution in [3.63, 3.8) is 0 Å². The molecule has 0 saturated carbocycles. The number of hydrogen-bond acceptors (Lipinski definition) is 5. The van der Waals surface area contributed by atoms with Gasteiger partial charge in [-0.25, -0.2) is 4.98 Å². The summed E-state index contributed by atoms with van der Waals surface area (Å²) in [6.45, 7) is 4.22. The summed E-state index contributed by atoms with van der Waals surface area (Å²) in [5.74, 6) is 1.19. The second-order valence-electron chi connectivity index (χ2n) is 3.12. The first-order chi connectivity index (χ1) is 7.22. The number of ether oxygens (including phenoxy) is 1. The molecule has 0 fully saturated rings. The number of nitrogens with two attached hydrogens (primary N) is 1. The highest BCUT2D eigenvalue weighted by Gasteiger charge is 2.13. The third kappa shape index (κ3) is 2.87. The molecule has 1 atom stereocenters. The highest BCUT2D eigenvalue weighted by Crippen LogP contribution is 2.20. The van der Waals surface area contributed by atoms with Crippen molar-refractivity contribution >= 4 is 0 Å². The van der Waals surface area contributed by atoms with E-state index < -0.39 is 6.04 Å². The number of aryl methyl sites for hydroxylation is 1. The normalized spacial score (nSPS) is 12.5. The molecule has 0 amide bonds. The average Bonchev–Trinajstić information content (AvgIpc) is 2.28. The summed E-state index contributed by atoms with van der Waals surface area (Å²) in [5, 5.41) is 8.97. The zero-order chi connectivity index (χ0) is 11.3. The zero-order valence-corrected chi connectivity index (χ0v) is 9.10. The van der Waals surface area contributed by atoms with E-state index in [1.165, 1.54) is 0 Å². The Labute approximate surface area is 89.3 Å². The van der Waals surface area contributed by atoms with Gasteiger partial charge in [0, 0.05) is 12.6 Å². The molecule has 5 nitrogen and oxygen atoms in total. The van der Waals surface area contributed by atoms with Crippen LogP contribution in [0.2, 0.25) is 0 Å². The van der Waals surface area contributed by atoms with Crippen LogP contribution in [-0.4, -0.2) is 28.3 Å². The maximum absolute atomic E-state index is 8.97. The van der Waals surface area contributed by atoms with E-state index in [1.54, 1.807) is 6.20 Å².